The van der Waals surface area contributed by atoms with E-state index in [0.29, 0.717) is 17.0 Å². The molecule has 0 unspecified atom stereocenters. The maximum absolute atomic E-state index is 10.9. The first-order valence-electron chi connectivity index (χ1n) is 7.09. The number of benzene rings is 3. The molecule has 0 heterocycles. The lowest BCUT2D eigenvalue weighted by Crippen LogP contribution is -2.04. The van der Waals surface area contributed by atoms with Gasteiger partial charge in [0.25, 0.3) is 0 Å². The molecule has 0 aliphatic carbocycles. The number of carboxylic acid groups (broad SMARTS) is 1. The van der Waals surface area contributed by atoms with Crippen LogP contribution < -0.4 is 10.5 Å². The molecule has 0 aromatic heterocycles. The van der Waals surface area contributed by atoms with Crippen LogP contribution in [0.3, 0.4) is 0 Å². The van der Waals surface area contributed by atoms with Crippen molar-refractivity contribution in [2.75, 3.05) is 5.73 Å². The van der Waals surface area contributed by atoms with Crippen LogP contribution in [-0.2, 0) is 0 Å². The highest BCUT2D eigenvalue weighted by molar-refractivity contribution is 5.80. The van der Waals surface area contributed by atoms with Crippen molar-refractivity contribution >= 4 is 11.8 Å². The Morgan fingerprint density at radius 1 is 0.826 bits per heavy atom. The predicted octanol–water partition coefficient (Wildman–Crippen LogP) is 4.66. The van der Waals surface area contributed by atoms with E-state index < -0.39 is 6.16 Å². The maximum atomic E-state index is 10.9. The second-order valence-corrected chi connectivity index (χ2v) is 5.07. The minimum absolute atomic E-state index is 0.293. The zero-order chi connectivity index (χ0) is 16.2. The Labute approximate surface area is 133 Å². The normalized spacial score (nSPS) is 10.3. The summed E-state index contributed by atoms with van der Waals surface area (Å²) >= 11 is 0. The number of carbonyl (C=O) groups is 1. The first kappa shape index (κ1) is 14.7. The van der Waals surface area contributed by atoms with Gasteiger partial charge in [-0.25, -0.2) is 4.79 Å². The molecule has 0 aliphatic heterocycles. The van der Waals surface area contributed by atoms with Crippen LogP contribution in [0.2, 0.25) is 0 Å². The van der Waals surface area contributed by atoms with Crippen molar-refractivity contribution in [2.45, 2.75) is 0 Å². The third-order valence-electron chi connectivity index (χ3n) is 3.51. The van der Waals surface area contributed by atoms with Gasteiger partial charge in [0.2, 0.25) is 0 Å². The molecule has 0 aliphatic rings. The lowest BCUT2D eigenvalue weighted by atomic mass is 9.98. The minimum atomic E-state index is -1.34. The van der Waals surface area contributed by atoms with Gasteiger partial charge in [-0.3, -0.25) is 0 Å². The molecule has 0 radical (unpaired) electrons. The second-order valence-electron chi connectivity index (χ2n) is 5.07. The van der Waals surface area contributed by atoms with E-state index in [0.717, 1.165) is 16.7 Å². The van der Waals surface area contributed by atoms with Crippen LogP contribution in [0.1, 0.15) is 0 Å². The van der Waals surface area contributed by atoms with Crippen LogP contribution in [-0.4, -0.2) is 11.3 Å². The number of nitrogen functional groups attached to an aromatic ring is 1. The van der Waals surface area contributed by atoms with E-state index in [4.69, 9.17) is 15.6 Å². The summed E-state index contributed by atoms with van der Waals surface area (Å²) in [7, 11) is 0. The Morgan fingerprint density at radius 2 is 1.48 bits per heavy atom. The quantitative estimate of drug-likeness (QED) is 0.419. The Bertz CT molecular complexity index is 827. The highest BCUT2D eigenvalue weighted by Crippen LogP contribution is 2.34. The fourth-order valence-electron chi connectivity index (χ4n) is 2.41. The molecular weight excluding hydrogens is 290 g/mol. The molecule has 0 atom stereocenters. The molecule has 3 aromatic rings. The SMILES string of the molecule is Nc1ccc(-c2cc(-c3ccccc3)ccc2OC(=O)O)cc1. The van der Waals surface area contributed by atoms with Crippen molar-refractivity contribution in [2.24, 2.45) is 0 Å². The first-order valence-corrected chi connectivity index (χ1v) is 7.09. The van der Waals surface area contributed by atoms with Gasteiger partial charge in [0.1, 0.15) is 5.75 Å². The van der Waals surface area contributed by atoms with Gasteiger partial charge < -0.3 is 15.6 Å². The molecular formula is C19H15NO3. The predicted molar refractivity (Wildman–Crippen MR) is 90.4 cm³/mol. The largest absolute Gasteiger partial charge is 0.511 e. The first-order chi connectivity index (χ1) is 11.1. The fraction of sp³-hybridized carbons (Fsp3) is 0. The summed E-state index contributed by atoms with van der Waals surface area (Å²) in [5.41, 5.74) is 9.94. The summed E-state index contributed by atoms with van der Waals surface area (Å²) in [5.74, 6) is 0.293. The Hall–Kier alpha value is -3.27. The van der Waals surface area contributed by atoms with E-state index in [1.807, 2.05) is 54.6 Å². The van der Waals surface area contributed by atoms with Gasteiger partial charge in [-0.15, -0.1) is 0 Å². The number of ether oxygens (including phenoxy) is 1. The third-order valence-corrected chi connectivity index (χ3v) is 3.51. The summed E-state index contributed by atoms with van der Waals surface area (Å²) in [6, 6.07) is 22.5. The molecule has 0 saturated carbocycles. The van der Waals surface area contributed by atoms with Crippen LogP contribution in [0.4, 0.5) is 10.5 Å². The fourth-order valence-corrected chi connectivity index (χ4v) is 2.41. The summed E-state index contributed by atoms with van der Waals surface area (Å²) < 4.78 is 4.91. The Balaban J connectivity index is 2.12. The van der Waals surface area contributed by atoms with Gasteiger partial charge >= 0.3 is 6.16 Å². The molecule has 114 valence electrons. The molecule has 4 heteroatoms. The minimum Gasteiger partial charge on any atom is -0.449 e. The highest BCUT2D eigenvalue weighted by atomic mass is 16.7. The zero-order valence-corrected chi connectivity index (χ0v) is 12.3. The maximum Gasteiger partial charge on any atom is 0.511 e. The van der Waals surface area contributed by atoms with Crippen molar-refractivity contribution in [1.82, 2.24) is 0 Å². The van der Waals surface area contributed by atoms with Gasteiger partial charge in [-0.2, -0.15) is 0 Å². The standard InChI is InChI=1S/C19H15NO3/c20-16-9-6-14(7-10-16)17-12-15(13-4-2-1-3-5-13)8-11-18(17)23-19(21)22/h1-12H,20H2,(H,21,22). The third kappa shape index (κ3) is 3.32. The smallest absolute Gasteiger partial charge is 0.449 e. The van der Waals surface area contributed by atoms with E-state index in [1.54, 1.807) is 18.2 Å². The van der Waals surface area contributed by atoms with Crippen LogP contribution in [0, 0.1) is 0 Å². The summed E-state index contributed by atoms with van der Waals surface area (Å²) in [4.78, 5) is 10.9. The second kappa shape index (κ2) is 6.23. The number of hydrogen-bond acceptors (Lipinski definition) is 3. The molecule has 4 nitrogen and oxygen atoms in total. The van der Waals surface area contributed by atoms with Gasteiger partial charge in [0.05, 0.1) is 0 Å². The zero-order valence-electron chi connectivity index (χ0n) is 12.3. The average Bonchev–Trinajstić information content (AvgIpc) is 2.56. The molecule has 0 amide bonds. The van der Waals surface area contributed by atoms with Crippen LogP contribution in [0.15, 0.2) is 72.8 Å². The average molecular weight is 305 g/mol. The molecule has 0 spiro atoms. The monoisotopic (exact) mass is 305 g/mol. The van der Waals surface area contributed by atoms with E-state index in [2.05, 4.69) is 0 Å². The van der Waals surface area contributed by atoms with Crippen molar-refractivity contribution < 1.29 is 14.6 Å². The van der Waals surface area contributed by atoms with Crippen LogP contribution in [0.25, 0.3) is 22.3 Å². The van der Waals surface area contributed by atoms with Crippen LogP contribution in [0.5, 0.6) is 5.75 Å². The molecule has 0 bridgehead atoms. The molecule has 3 aromatic carbocycles. The summed E-state index contributed by atoms with van der Waals surface area (Å²) in [6.07, 6.45) is -1.34. The van der Waals surface area contributed by atoms with Gasteiger partial charge in [0.15, 0.2) is 0 Å². The number of rotatable bonds is 3. The topological polar surface area (TPSA) is 72.5 Å². The van der Waals surface area contributed by atoms with Gasteiger partial charge in [0, 0.05) is 11.3 Å². The van der Waals surface area contributed by atoms with E-state index in [1.165, 1.54) is 0 Å². The Kier molecular flexibility index (Phi) is 3.97. The molecule has 0 fully saturated rings. The highest BCUT2D eigenvalue weighted by Gasteiger charge is 2.12. The lowest BCUT2D eigenvalue weighted by Gasteiger charge is -2.11. The summed E-state index contributed by atoms with van der Waals surface area (Å²) in [6.45, 7) is 0. The van der Waals surface area contributed by atoms with Crippen LogP contribution >= 0.6 is 0 Å². The van der Waals surface area contributed by atoms with E-state index >= 15 is 0 Å². The van der Waals surface area contributed by atoms with Crippen molar-refractivity contribution in [3.05, 3.63) is 72.8 Å². The molecule has 0 saturated heterocycles. The van der Waals surface area contributed by atoms with Gasteiger partial charge in [-0.05, 0) is 41.0 Å². The molecule has 3 rings (SSSR count). The molecule has 3 N–H and O–H groups in total. The lowest BCUT2D eigenvalue weighted by molar-refractivity contribution is 0.144. The molecule has 23 heavy (non-hydrogen) atoms. The van der Waals surface area contributed by atoms with E-state index in [9.17, 15) is 4.79 Å². The number of nitrogens with two attached hydrogens (primary N) is 1. The number of hydrogen-bond donors (Lipinski definition) is 2. The van der Waals surface area contributed by atoms with E-state index in [-0.39, 0.29) is 0 Å². The van der Waals surface area contributed by atoms with Crippen molar-refractivity contribution in [3.63, 3.8) is 0 Å². The van der Waals surface area contributed by atoms with Crippen molar-refractivity contribution in [1.29, 1.82) is 0 Å². The van der Waals surface area contributed by atoms with Crippen molar-refractivity contribution in [3.8, 4) is 28.0 Å². The number of anilines is 1. The summed E-state index contributed by atoms with van der Waals surface area (Å²) in [5, 5.41) is 8.93. The Morgan fingerprint density at radius 3 is 2.13 bits per heavy atom. The van der Waals surface area contributed by atoms with Gasteiger partial charge in [-0.1, -0.05) is 48.5 Å².